The molecule has 0 radical (unpaired) electrons. The lowest BCUT2D eigenvalue weighted by Gasteiger charge is -2.29. The summed E-state index contributed by atoms with van der Waals surface area (Å²) in [5.41, 5.74) is 2.72. The van der Waals surface area contributed by atoms with Gasteiger partial charge in [0, 0.05) is 37.8 Å². The van der Waals surface area contributed by atoms with Crippen molar-refractivity contribution in [2.75, 3.05) is 31.1 Å². The van der Waals surface area contributed by atoms with Crippen LogP contribution in [0.2, 0.25) is 0 Å². The van der Waals surface area contributed by atoms with Gasteiger partial charge in [-0.15, -0.1) is 0 Å². The molecule has 5 nitrogen and oxygen atoms in total. The summed E-state index contributed by atoms with van der Waals surface area (Å²) in [6, 6.07) is 5.86. The Labute approximate surface area is 189 Å². The van der Waals surface area contributed by atoms with Crippen molar-refractivity contribution in [1.82, 2.24) is 10.2 Å². The van der Waals surface area contributed by atoms with Gasteiger partial charge in [0.1, 0.15) is 0 Å². The number of benzene rings is 1. The Hall–Kier alpha value is -1.88. The molecule has 0 atom stereocenters. The van der Waals surface area contributed by atoms with Crippen LogP contribution in [0, 0.1) is 11.8 Å². The smallest absolute Gasteiger partial charge is 0.251 e. The van der Waals surface area contributed by atoms with Gasteiger partial charge < -0.3 is 10.2 Å². The van der Waals surface area contributed by atoms with Crippen molar-refractivity contribution >= 4 is 17.5 Å². The van der Waals surface area contributed by atoms with Gasteiger partial charge in [0.25, 0.3) is 5.91 Å². The van der Waals surface area contributed by atoms with E-state index in [1.165, 1.54) is 19.3 Å². The lowest BCUT2D eigenvalue weighted by atomic mass is 10.0. The molecule has 1 aliphatic heterocycles. The highest BCUT2D eigenvalue weighted by atomic mass is 16.2. The minimum Gasteiger partial charge on any atom is -0.352 e. The van der Waals surface area contributed by atoms with Crippen molar-refractivity contribution in [3.8, 4) is 0 Å². The normalized spacial score (nSPS) is 16.5. The number of nitrogens with zero attached hydrogens (tertiary/aromatic N) is 2. The lowest BCUT2D eigenvalue weighted by Crippen LogP contribution is -2.33. The van der Waals surface area contributed by atoms with Crippen molar-refractivity contribution in [3.63, 3.8) is 0 Å². The van der Waals surface area contributed by atoms with Gasteiger partial charge in [-0.3, -0.25) is 14.5 Å². The minimum absolute atomic E-state index is 0.0364. The quantitative estimate of drug-likeness (QED) is 0.673. The number of rotatable bonds is 6. The maximum atomic E-state index is 12.7. The summed E-state index contributed by atoms with van der Waals surface area (Å²) in [6.45, 7) is 14.7. The van der Waals surface area contributed by atoms with Crippen LogP contribution in [0.25, 0.3) is 0 Å². The zero-order valence-corrected chi connectivity index (χ0v) is 20.4. The largest absolute Gasteiger partial charge is 0.352 e. The molecule has 1 aromatic carbocycles. The number of carbonyl (C=O) groups excluding carboxylic acids is 2. The molecule has 0 unspecified atom stereocenters. The van der Waals surface area contributed by atoms with E-state index in [-0.39, 0.29) is 11.8 Å². The first-order chi connectivity index (χ1) is 14.8. The Bertz CT molecular complexity index is 715. The topological polar surface area (TPSA) is 52.7 Å². The van der Waals surface area contributed by atoms with Gasteiger partial charge in [-0.2, -0.15) is 0 Å². The van der Waals surface area contributed by atoms with E-state index < -0.39 is 0 Å². The predicted molar refractivity (Wildman–Crippen MR) is 129 cm³/mol. The van der Waals surface area contributed by atoms with Gasteiger partial charge >= 0.3 is 0 Å². The van der Waals surface area contributed by atoms with Gasteiger partial charge in [0.2, 0.25) is 5.91 Å². The second-order valence-electron chi connectivity index (χ2n) is 9.84. The number of fused-ring (bicyclic) bond motifs is 1. The molecule has 5 heteroatoms. The van der Waals surface area contributed by atoms with Gasteiger partial charge in [-0.1, -0.05) is 47.0 Å². The van der Waals surface area contributed by atoms with Gasteiger partial charge in [-0.05, 0) is 68.0 Å². The highest BCUT2D eigenvalue weighted by Gasteiger charge is 2.20. The number of anilines is 1. The molecule has 2 amide bonds. The zero-order chi connectivity index (χ0) is 22.8. The molecule has 0 aromatic heterocycles. The first-order valence-corrected chi connectivity index (χ1v) is 12.2. The van der Waals surface area contributed by atoms with E-state index in [1.54, 1.807) is 6.92 Å². The van der Waals surface area contributed by atoms with Crippen LogP contribution in [0.5, 0.6) is 0 Å². The molecule has 0 spiro atoms. The molecule has 2 rings (SSSR count). The SMILES string of the molecule is CC(=O)N1CCCCCCCN(CCC(C)C)Cc2cc(C(=O)NCC(C)C)ccc21. The van der Waals surface area contributed by atoms with Crippen LogP contribution in [0.1, 0.15) is 89.1 Å². The summed E-state index contributed by atoms with van der Waals surface area (Å²) in [6.07, 6.45) is 7.00. The monoisotopic (exact) mass is 429 g/mol. The second-order valence-corrected chi connectivity index (χ2v) is 9.84. The summed E-state index contributed by atoms with van der Waals surface area (Å²) in [7, 11) is 0. The van der Waals surface area contributed by atoms with Crippen molar-refractivity contribution in [3.05, 3.63) is 29.3 Å². The molecule has 0 saturated carbocycles. The molecule has 174 valence electrons. The fourth-order valence-electron chi connectivity index (χ4n) is 4.05. The summed E-state index contributed by atoms with van der Waals surface area (Å²) in [4.78, 5) is 29.6. The summed E-state index contributed by atoms with van der Waals surface area (Å²) >= 11 is 0. The van der Waals surface area contributed by atoms with Crippen LogP contribution in [0.15, 0.2) is 18.2 Å². The van der Waals surface area contributed by atoms with Crippen molar-refractivity contribution in [2.24, 2.45) is 11.8 Å². The molecule has 1 aromatic rings. The highest BCUT2D eigenvalue weighted by Crippen LogP contribution is 2.26. The van der Waals surface area contributed by atoms with Gasteiger partial charge in [0.05, 0.1) is 0 Å². The number of amides is 2. The average molecular weight is 430 g/mol. The first-order valence-electron chi connectivity index (χ1n) is 12.2. The van der Waals surface area contributed by atoms with Crippen molar-refractivity contribution < 1.29 is 9.59 Å². The maximum Gasteiger partial charge on any atom is 0.251 e. The standard InChI is InChI=1S/C26H43N3O2/c1-20(2)13-16-28-14-9-7-6-8-10-15-29(22(5)30)25-12-11-23(17-24(25)19-28)26(31)27-18-21(3)4/h11-12,17,20-21H,6-10,13-16,18-19H2,1-5H3,(H,27,31). The third kappa shape index (κ3) is 8.64. The number of hydrogen-bond donors (Lipinski definition) is 1. The summed E-state index contributed by atoms with van der Waals surface area (Å²) < 4.78 is 0. The van der Waals surface area contributed by atoms with Crippen LogP contribution >= 0.6 is 0 Å². The van der Waals surface area contributed by atoms with E-state index in [9.17, 15) is 9.59 Å². The Balaban J connectivity index is 2.37. The third-order valence-corrected chi connectivity index (χ3v) is 5.96. The summed E-state index contributed by atoms with van der Waals surface area (Å²) in [5, 5.41) is 3.03. The average Bonchev–Trinajstić information content (AvgIpc) is 2.70. The van der Waals surface area contributed by atoms with E-state index in [0.717, 1.165) is 56.7 Å². The summed E-state index contributed by atoms with van der Waals surface area (Å²) in [5.74, 6) is 1.10. The van der Waals surface area contributed by atoms with E-state index in [1.807, 2.05) is 23.1 Å². The molecule has 1 heterocycles. The van der Waals surface area contributed by atoms with Crippen LogP contribution in [0.4, 0.5) is 5.69 Å². The van der Waals surface area contributed by atoms with Crippen LogP contribution in [-0.4, -0.2) is 42.9 Å². The Morgan fingerprint density at radius 1 is 0.968 bits per heavy atom. The zero-order valence-electron chi connectivity index (χ0n) is 20.4. The number of hydrogen-bond acceptors (Lipinski definition) is 3. The fraction of sp³-hybridized carbons (Fsp3) is 0.692. The highest BCUT2D eigenvalue weighted by molar-refractivity contribution is 5.97. The molecule has 0 fully saturated rings. The fourth-order valence-corrected chi connectivity index (χ4v) is 4.05. The Morgan fingerprint density at radius 3 is 2.29 bits per heavy atom. The third-order valence-electron chi connectivity index (χ3n) is 5.96. The molecule has 1 N–H and O–H groups in total. The van der Waals surface area contributed by atoms with Crippen LogP contribution < -0.4 is 10.2 Å². The molecular formula is C26H43N3O2. The molecule has 1 aliphatic rings. The molecule has 0 aliphatic carbocycles. The lowest BCUT2D eigenvalue weighted by molar-refractivity contribution is -0.116. The molecule has 0 bridgehead atoms. The van der Waals surface area contributed by atoms with Gasteiger partial charge in [0.15, 0.2) is 0 Å². The first kappa shape index (κ1) is 25.4. The van der Waals surface area contributed by atoms with E-state index in [4.69, 9.17) is 0 Å². The number of carbonyl (C=O) groups is 2. The Kier molecular flexibility index (Phi) is 10.5. The van der Waals surface area contributed by atoms with E-state index >= 15 is 0 Å². The molecule has 0 saturated heterocycles. The van der Waals surface area contributed by atoms with Gasteiger partial charge in [-0.25, -0.2) is 0 Å². The van der Waals surface area contributed by atoms with E-state index in [0.29, 0.717) is 23.9 Å². The Morgan fingerprint density at radius 2 is 1.65 bits per heavy atom. The number of nitrogens with one attached hydrogen (secondary N) is 1. The van der Waals surface area contributed by atoms with E-state index in [2.05, 4.69) is 37.9 Å². The van der Waals surface area contributed by atoms with Crippen LogP contribution in [-0.2, 0) is 11.3 Å². The molecule has 31 heavy (non-hydrogen) atoms. The minimum atomic E-state index is -0.0364. The van der Waals surface area contributed by atoms with Crippen molar-refractivity contribution in [1.29, 1.82) is 0 Å². The van der Waals surface area contributed by atoms with Crippen molar-refractivity contribution in [2.45, 2.75) is 79.7 Å². The predicted octanol–water partition coefficient (Wildman–Crippen LogP) is 5.24. The van der Waals surface area contributed by atoms with Crippen LogP contribution in [0.3, 0.4) is 0 Å². The second kappa shape index (κ2) is 12.8. The molecular weight excluding hydrogens is 386 g/mol. The maximum absolute atomic E-state index is 12.7.